The van der Waals surface area contributed by atoms with Crippen molar-refractivity contribution in [2.75, 3.05) is 0 Å². The average molecular weight is 338 g/mol. The lowest BCUT2D eigenvalue weighted by molar-refractivity contribution is 0.130. The summed E-state index contributed by atoms with van der Waals surface area (Å²) in [5, 5.41) is 0.849. The van der Waals surface area contributed by atoms with Crippen molar-refractivity contribution < 1.29 is 9.15 Å². The normalized spacial score (nSPS) is 19.7. The van der Waals surface area contributed by atoms with E-state index in [4.69, 9.17) is 9.15 Å². The Hall–Kier alpha value is -2.29. The van der Waals surface area contributed by atoms with Gasteiger partial charge in [-0.05, 0) is 63.8 Å². The Bertz CT molecular complexity index is 872. The molecule has 1 aliphatic rings. The monoisotopic (exact) mass is 338 g/mol. The maximum atomic E-state index is 12.2. The molecule has 0 aliphatic carbocycles. The van der Waals surface area contributed by atoms with Crippen LogP contribution in [-0.4, -0.2) is 5.60 Å². The van der Waals surface area contributed by atoms with Gasteiger partial charge in [0.05, 0.1) is 5.39 Å². The molecule has 0 saturated heterocycles. The van der Waals surface area contributed by atoms with Crippen molar-refractivity contribution in [2.24, 2.45) is 0 Å². The zero-order chi connectivity index (χ0) is 17.9. The quantitative estimate of drug-likeness (QED) is 0.488. The van der Waals surface area contributed by atoms with E-state index in [0.717, 1.165) is 18.2 Å². The molecule has 0 saturated carbocycles. The number of allylic oxidation sites excluding steroid dienone is 2. The minimum Gasteiger partial charge on any atom is -0.482 e. The van der Waals surface area contributed by atoms with Gasteiger partial charge in [0.15, 0.2) is 0 Å². The summed E-state index contributed by atoms with van der Waals surface area (Å²) in [5.41, 5.74) is 1.76. The number of hydrogen-bond donors (Lipinski definition) is 0. The molecular weight excluding hydrogens is 312 g/mol. The van der Waals surface area contributed by atoms with E-state index in [-0.39, 0.29) is 5.63 Å². The molecule has 25 heavy (non-hydrogen) atoms. The van der Waals surface area contributed by atoms with E-state index in [2.05, 4.69) is 26.8 Å². The zero-order valence-corrected chi connectivity index (χ0v) is 15.3. The predicted molar refractivity (Wildman–Crippen MR) is 103 cm³/mol. The highest BCUT2D eigenvalue weighted by atomic mass is 16.5. The fourth-order valence-corrected chi connectivity index (χ4v) is 3.21. The van der Waals surface area contributed by atoms with Crippen LogP contribution in [0.2, 0.25) is 0 Å². The standard InChI is InChI=1S/C22H26O3/c1-4-5-9-16(2)10-8-14-22(3)15-13-18-20(25-22)17-11-6-7-12-19(17)24-21(18)23/h6-7,10-13,15H,4-5,8-9,14H2,1-3H3/b16-10+. The summed E-state index contributed by atoms with van der Waals surface area (Å²) >= 11 is 0. The van der Waals surface area contributed by atoms with Gasteiger partial charge in [-0.25, -0.2) is 4.79 Å². The van der Waals surface area contributed by atoms with Gasteiger partial charge in [-0.1, -0.05) is 37.1 Å². The molecule has 2 aromatic rings. The van der Waals surface area contributed by atoms with Crippen LogP contribution in [0.1, 0.15) is 58.4 Å². The van der Waals surface area contributed by atoms with E-state index in [1.54, 1.807) is 6.07 Å². The first-order chi connectivity index (χ1) is 12.0. The first-order valence-electron chi connectivity index (χ1n) is 9.12. The summed E-state index contributed by atoms with van der Waals surface area (Å²) in [7, 11) is 0. The second-order valence-corrected chi connectivity index (χ2v) is 7.07. The Labute approximate surface area is 149 Å². The minimum absolute atomic E-state index is 0.345. The summed E-state index contributed by atoms with van der Waals surface area (Å²) in [6, 6.07) is 7.53. The molecule has 0 radical (unpaired) electrons. The van der Waals surface area contributed by atoms with Gasteiger partial charge < -0.3 is 9.15 Å². The van der Waals surface area contributed by atoms with Crippen LogP contribution >= 0.6 is 0 Å². The van der Waals surface area contributed by atoms with E-state index < -0.39 is 5.60 Å². The molecular formula is C22H26O3. The van der Waals surface area contributed by atoms with E-state index in [1.165, 1.54) is 24.8 Å². The van der Waals surface area contributed by atoms with Crippen LogP contribution in [0.3, 0.4) is 0 Å². The molecule has 0 fully saturated rings. The van der Waals surface area contributed by atoms with Crippen LogP contribution in [0.4, 0.5) is 0 Å². The summed E-state index contributed by atoms with van der Waals surface area (Å²) < 4.78 is 11.7. The molecule has 132 valence electrons. The summed E-state index contributed by atoms with van der Waals surface area (Å²) in [6.45, 7) is 6.49. The number of hydrogen-bond acceptors (Lipinski definition) is 3. The molecule has 0 bridgehead atoms. The van der Waals surface area contributed by atoms with Crippen LogP contribution in [-0.2, 0) is 0 Å². The van der Waals surface area contributed by atoms with E-state index >= 15 is 0 Å². The lowest BCUT2D eigenvalue weighted by atomic mass is 9.94. The average Bonchev–Trinajstić information content (AvgIpc) is 2.60. The fraction of sp³-hybridized carbons (Fsp3) is 0.409. The SMILES string of the molecule is CCCC/C(C)=C/CCC1(C)C=Cc2c(c3ccccc3oc2=O)O1. The largest absolute Gasteiger partial charge is 0.482 e. The molecule has 3 nitrogen and oxygen atoms in total. The molecule has 0 amide bonds. The van der Waals surface area contributed by atoms with Gasteiger partial charge in [-0.15, -0.1) is 0 Å². The Morgan fingerprint density at radius 3 is 2.88 bits per heavy atom. The van der Waals surface area contributed by atoms with Crippen molar-refractivity contribution in [3.8, 4) is 5.75 Å². The van der Waals surface area contributed by atoms with Crippen molar-refractivity contribution in [1.82, 2.24) is 0 Å². The van der Waals surface area contributed by atoms with Crippen LogP contribution in [0.5, 0.6) is 5.75 Å². The number of para-hydroxylation sites is 1. The minimum atomic E-state index is -0.412. The second kappa shape index (κ2) is 7.30. The number of fused-ring (bicyclic) bond motifs is 3. The van der Waals surface area contributed by atoms with Crippen molar-refractivity contribution in [3.63, 3.8) is 0 Å². The molecule has 3 heteroatoms. The molecule has 1 aliphatic heterocycles. The van der Waals surface area contributed by atoms with Gasteiger partial charge in [0.2, 0.25) is 0 Å². The van der Waals surface area contributed by atoms with E-state index in [0.29, 0.717) is 16.9 Å². The van der Waals surface area contributed by atoms with Crippen molar-refractivity contribution >= 4 is 17.0 Å². The molecule has 3 rings (SSSR count). The van der Waals surface area contributed by atoms with E-state index in [1.807, 2.05) is 30.4 Å². The Morgan fingerprint density at radius 1 is 1.28 bits per heavy atom. The van der Waals surface area contributed by atoms with Gasteiger partial charge in [0, 0.05) is 0 Å². The maximum absolute atomic E-state index is 12.2. The van der Waals surface area contributed by atoms with Gasteiger partial charge in [-0.2, -0.15) is 0 Å². The third kappa shape index (κ3) is 3.87. The zero-order valence-electron chi connectivity index (χ0n) is 15.3. The van der Waals surface area contributed by atoms with Gasteiger partial charge in [0.25, 0.3) is 0 Å². The van der Waals surface area contributed by atoms with Gasteiger partial charge in [0.1, 0.15) is 22.5 Å². The lowest BCUT2D eigenvalue weighted by Gasteiger charge is -2.31. The maximum Gasteiger partial charge on any atom is 0.347 e. The van der Waals surface area contributed by atoms with Crippen LogP contribution in [0.25, 0.3) is 17.0 Å². The molecule has 1 unspecified atom stereocenters. The predicted octanol–water partition coefficient (Wildman–Crippen LogP) is 5.87. The molecule has 1 atom stereocenters. The lowest BCUT2D eigenvalue weighted by Crippen LogP contribution is -2.33. The van der Waals surface area contributed by atoms with Crippen LogP contribution in [0.15, 0.2) is 51.2 Å². The van der Waals surface area contributed by atoms with Gasteiger partial charge >= 0.3 is 5.63 Å². The Kier molecular flexibility index (Phi) is 5.12. The van der Waals surface area contributed by atoms with Gasteiger partial charge in [-0.3, -0.25) is 0 Å². The summed E-state index contributed by atoms with van der Waals surface area (Å²) in [6.07, 6.45) is 11.6. The number of unbranched alkanes of at least 4 members (excludes halogenated alkanes) is 1. The first-order valence-corrected chi connectivity index (χ1v) is 9.12. The highest BCUT2D eigenvalue weighted by Crippen LogP contribution is 2.37. The van der Waals surface area contributed by atoms with Crippen molar-refractivity contribution in [2.45, 2.75) is 58.5 Å². The fourth-order valence-electron chi connectivity index (χ4n) is 3.21. The Morgan fingerprint density at radius 2 is 2.08 bits per heavy atom. The third-order valence-corrected chi connectivity index (χ3v) is 4.79. The highest BCUT2D eigenvalue weighted by molar-refractivity contribution is 5.87. The van der Waals surface area contributed by atoms with Crippen LogP contribution < -0.4 is 10.4 Å². The summed E-state index contributed by atoms with van der Waals surface area (Å²) in [5.74, 6) is 0.642. The molecule has 1 aromatic carbocycles. The molecule has 0 N–H and O–H groups in total. The second-order valence-electron chi connectivity index (χ2n) is 7.07. The van der Waals surface area contributed by atoms with Crippen molar-refractivity contribution in [3.05, 3.63) is 58.0 Å². The Balaban J connectivity index is 1.82. The summed E-state index contributed by atoms with van der Waals surface area (Å²) in [4.78, 5) is 12.2. The highest BCUT2D eigenvalue weighted by Gasteiger charge is 2.29. The van der Waals surface area contributed by atoms with Crippen molar-refractivity contribution in [1.29, 1.82) is 0 Å². The van der Waals surface area contributed by atoms with Crippen LogP contribution in [0, 0.1) is 0 Å². The third-order valence-electron chi connectivity index (χ3n) is 4.79. The van der Waals surface area contributed by atoms with E-state index in [9.17, 15) is 4.79 Å². The first kappa shape index (κ1) is 17.5. The smallest absolute Gasteiger partial charge is 0.347 e. The number of benzene rings is 1. The number of ether oxygens (including phenoxy) is 1. The topological polar surface area (TPSA) is 39.4 Å². The molecule has 0 spiro atoms. The molecule has 2 heterocycles. The number of rotatable bonds is 6. The molecule has 1 aromatic heterocycles.